The molecule has 0 aliphatic heterocycles. The van der Waals surface area contributed by atoms with Crippen LogP contribution in [-0.2, 0) is 20.7 Å². The van der Waals surface area contributed by atoms with Crippen LogP contribution in [0, 0.1) is 0 Å². The van der Waals surface area contributed by atoms with Crippen molar-refractivity contribution in [2.24, 2.45) is 0 Å². The summed E-state index contributed by atoms with van der Waals surface area (Å²) < 4.78 is 15.6. The third kappa shape index (κ3) is 5.48. The first-order chi connectivity index (χ1) is 14.6. The minimum atomic E-state index is -0.589. The molecule has 1 heterocycles. The molecule has 0 spiro atoms. The average molecular weight is 408 g/mol. The number of carbonyl (C=O) groups is 2. The lowest BCUT2D eigenvalue weighted by Gasteiger charge is -2.08. The maximum absolute atomic E-state index is 12.4. The molecule has 2 N–H and O–H groups in total. The highest BCUT2D eigenvalue weighted by molar-refractivity contribution is 6.04. The number of fused-ring (bicyclic) bond motifs is 1. The van der Waals surface area contributed by atoms with Crippen LogP contribution in [0.15, 0.2) is 59.0 Å². The largest absolute Gasteiger partial charge is 0.460 e. The molecule has 2 amide bonds. The average Bonchev–Trinajstić information content (AvgIpc) is 3.10. The standard InChI is InChI=1S/C23H24N2O5/c1-3-20-19(18-9-4-5-10-21(18)30-20)11-12-22(26)24-16-7-6-8-17(15-16)25-23(27)29-14-13-28-2/h4-12,15H,3,13-14H2,1-2H3,(H,24,26)(H,25,27). The van der Waals surface area contributed by atoms with Crippen LogP contribution < -0.4 is 10.6 Å². The number of methoxy groups -OCH3 is 1. The van der Waals surface area contributed by atoms with Crippen molar-refractivity contribution in [2.45, 2.75) is 13.3 Å². The molecule has 30 heavy (non-hydrogen) atoms. The molecule has 7 nitrogen and oxygen atoms in total. The number of hydrogen-bond acceptors (Lipinski definition) is 5. The molecule has 0 atom stereocenters. The maximum Gasteiger partial charge on any atom is 0.411 e. The Labute approximate surface area is 174 Å². The first kappa shape index (κ1) is 21.1. The van der Waals surface area contributed by atoms with Gasteiger partial charge in [-0.15, -0.1) is 0 Å². The first-order valence-electron chi connectivity index (χ1n) is 9.63. The molecule has 0 unspecified atom stereocenters. The summed E-state index contributed by atoms with van der Waals surface area (Å²) in [6.45, 7) is 2.49. The highest BCUT2D eigenvalue weighted by Gasteiger charge is 2.10. The molecule has 1 aromatic heterocycles. The smallest absolute Gasteiger partial charge is 0.411 e. The normalized spacial score (nSPS) is 11.0. The maximum atomic E-state index is 12.4. The van der Waals surface area contributed by atoms with Gasteiger partial charge in [-0.05, 0) is 30.3 Å². The topological polar surface area (TPSA) is 89.8 Å². The van der Waals surface area contributed by atoms with Crippen LogP contribution in [0.1, 0.15) is 18.2 Å². The van der Waals surface area contributed by atoms with Gasteiger partial charge in [-0.1, -0.05) is 31.2 Å². The van der Waals surface area contributed by atoms with Crippen molar-refractivity contribution in [2.75, 3.05) is 31.0 Å². The first-order valence-corrected chi connectivity index (χ1v) is 9.63. The summed E-state index contributed by atoms with van der Waals surface area (Å²) in [5.74, 6) is 0.542. The fourth-order valence-electron chi connectivity index (χ4n) is 2.95. The Balaban J connectivity index is 1.65. The molecule has 0 radical (unpaired) electrons. The summed E-state index contributed by atoms with van der Waals surface area (Å²) in [4.78, 5) is 24.1. The van der Waals surface area contributed by atoms with Crippen LogP contribution in [0.5, 0.6) is 0 Å². The van der Waals surface area contributed by atoms with Gasteiger partial charge in [-0.3, -0.25) is 10.1 Å². The Morgan fingerprint density at radius 1 is 1.03 bits per heavy atom. The van der Waals surface area contributed by atoms with E-state index in [1.165, 1.54) is 13.2 Å². The van der Waals surface area contributed by atoms with Crippen molar-refractivity contribution in [1.82, 2.24) is 0 Å². The Morgan fingerprint density at radius 2 is 1.80 bits per heavy atom. The Kier molecular flexibility index (Phi) is 7.24. The lowest BCUT2D eigenvalue weighted by molar-refractivity contribution is -0.111. The van der Waals surface area contributed by atoms with Gasteiger partial charge >= 0.3 is 6.09 Å². The summed E-state index contributed by atoms with van der Waals surface area (Å²) in [6.07, 6.45) is 3.36. The van der Waals surface area contributed by atoms with Gasteiger partial charge in [-0.25, -0.2) is 4.79 Å². The number of para-hydroxylation sites is 1. The highest BCUT2D eigenvalue weighted by Crippen LogP contribution is 2.27. The number of benzene rings is 2. The van der Waals surface area contributed by atoms with Crippen LogP contribution in [0.3, 0.4) is 0 Å². The molecule has 0 bridgehead atoms. The molecule has 7 heteroatoms. The number of nitrogens with one attached hydrogen (secondary N) is 2. The summed E-state index contributed by atoms with van der Waals surface area (Å²) in [6, 6.07) is 14.5. The predicted octanol–water partition coefficient (Wildman–Crippen LogP) is 4.84. The Bertz CT molecular complexity index is 1050. The van der Waals surface area contributed by atoms with Gasteiger partial charge in [0.2, 0.25) is 5.91 Å². The fourth-order valence-corrected chi connectivity index (χ4v) is 2.95. The monoisotopic (exact) mass is 408 g/mol. The Hall–Kier alpha value is -3.58. The van der Waals surface area contributed by atoms with Crippen molar-refractivity contribution in [3.63, 3.8) is 0 Å². The van der Waals surface area contributed by atoms with E-state index in [1.807, 2.05) is 31.2 Å². The molecule has 0 saturated carbocycles. The summed E-state index contributed by atoms with van der Waals surface area (Å²) >= 11 is 0. The molecule has 0 aliphatic rings. The molecular formula is C23H24N2O5. The van der Waals surface area contributed by atoms with Gasteiger partial charge in [-0.2, -0.15) is 0 Å². The molecule has 3 aromatic rings. The van der Waals surface area contributed by atoms with E-state index in [0.29, 0.717) is 18.0 Å². The van der Waals surface area contributed by atoms with Crippen molar-refractivity contribution < 1.29 is 23.5 Å². The number of carbonyl (C=O) groups excluding carboxylic acids is 2. The van der Waals surface area contributed by atoms with Gasteiger partial charge in [0, 0.05) is 41.9 Å². The second-order valence-electron chi connectivity index (χ2n) is 6.45. The van der Waals surface area contributed by atoms with Crippen LogP contribution in [0.2, 0.25) is 0 Å². The van der Waals surface area contributed by atoms with Gasteiger partial charge in [0.05, 0.1) is 6.61 Å². The quantitative estimate of drug-likeness (QED) is 0.411. The van der Waals surface area contributed by atoms with E-state index in [4.69, 9.17) is 13.9 Å². The SMILES string of the molecule is CCc1oc2ccccc2c1C=CC(=O)Nc1cccc(NC(=O)OCCOC)c1. The number of ether oxygens (including phenoxy) is 2. The fraction of sp³-hybridized carbons (Fsp3) is 0.217. The van der Waals surface area contributed by atoms with Crippen molar-refractivity contribution in [3.05, 3.63) is 65.9 Å². The highest BCUT2D eigenvalue weighted by atomic mass is 16.6. The molecule has 2 aromatic carbocycles. The Morgan fingerprint density at radius 3 is 2.57 bits per heavy atom. The van der Waals surface area contributed by atoms with E-state index in [9.17, 15) is 9.59 Å². The van der Waals surface area contributed by atoms with Crippen molar-refractivity contribution in [3.8, 4) is 0 Å². The number of rotatable bonds is 8. The second kappa shape index (κ2) is 10.3. The van der Waals surface area contributed by atoms with Crippen molar-refractivity contribution in [1.29, 1.82) is 0 Å². The van der Waals surface area contributed by atoms with Crippen molar-refractivity contribution >= 4 is 40.4 Å². The van der Waals surface area contributed by atoms with E-state index in [0.717, 1.165) is 28.7 Å². The number of amides is 2. The molecule has 0 saturated heterocycles. The third-order valence-electron chi connectivity index (χ3n) is 4.33. The molecule has 3 rings (SSSR count). The van der Waals surface area contributed by atoms with E-state index in [2.05, 4.69) is 10.6 Å². The lowest BCUT2D eigenvalue weighted by atomic mass is 10.1. The summed E-state index contributed by atoms with van der Waals surface area (Å²) in [5, 5.41) is 6.36. The molecule has 0 fully saturated rings. The van der Waals surface area contributed by atoms with Crippen LogP contribution in [-0.4, -0.2) is 32.3 Å². The van der Waals surface area contributed by atoms with Crippen LogP contribution >= 0.6 is 0 Å². The zero-order valence-corrected chi connectivity index (χ0v) is 16.9. The van der Waals surface area contributed by atoms with E-state index in [-0.39, 0.29) is 12.5 Å². The van der Waals surface area contributed by atoms with E-state index < -0.39 is 6.09 Å². The van der Waals surface area contributed by atoms with Crippen LogP contribution in [0.25, 0.3) is 17.0 Å². The van der Waals surface area contributed by atoms with Gasteiger partial charge in [0.25, 0.3) is 0 Å². The second-order valence-corrected chi connectivity index (χ2v) is 6.45. The summed E-state index contributed by atoms with van der Waals surface area (Å²) in [5.41, 5.74) is 2.75. The lowest BCUT2D eigenvalue weighted by Crippen LogP contribution is -2.16. The minimum absolute atomic E-state index is 0.159. The number of hydrogen-bond donors (Lipinski definition) is 2. The van der Waals surface area contributed by atoms with E-state index in [1.54, 1.807) is 30.3 Å². The molecular weight excluding hydrogens is 384 g/mol. The zero-order chi connectivity index (χ0) is 21.3. The summed E-state index contributed by atoms with van der Waals surface area (Å²) in [7, 11) is 1.53. The predicted molar refractivity (Wildman–Crippen MR) is 117 cm³/mol. The van der Waals surface area contributed by atoms with Gasteiger partial charge in [0.1, 0.15) is 18.0 Å². The minimum Gasteiger partial charge on any atom is -0.460 e. The number of anilines is 2. The third-order valence-corrected chi connectivity index (χ3v) is 4.33. The zero-order valence-electron chi connectivity index (χ0n) is 16.9. The van der Waals surface area contributed by atoms with Gasteiger partial charge < -0.3 is 19.2 Å². The van der Waals surface area contributed by atoms with Crippen LogP contribution in [0.4, 0.5) is 16.2 Å². The van der Waals surface area contributed by atoms with Gasteiger partial charge in [0.15, 0.2) is 0 Å². The number of aryl methyl sites for hydroxylation is 1. The molecule has 0 aliphatic carbocycles. The molecule has 156 valence electrons. The van der Waals surface area contributed by atoms with E-state index >= 15 is 0 Å². The number of furan rings is 1.